The highest BCUT2D eigenvalue weighted by atomic mass is 16.4. The van der Waals surface area contributed by atoms with Crippen LogP contribution in [0.3, 0.4) is 0 Å². The Kier molecular flexibility index (Phi) is 3.10. The fourth-order valence-corrected chi connectivity index (χ4v) is 2.47. The van der Waals surface area contributed by atoms with E-state index in [-0.39, 0.29) is 12.5 Å². The Morgan fingerprint density at radius 2 is 2.22 bits per heavy atom. The van der Waals surface area contributed by atoms with E-state index in [1.54, 1.807) is 10.7 Å². The Morgan fingerprint density at radius 3 is 3.00 bits per heavy atom. The number of nitrogens with zero attached hydrogens (tertiary/aromatic N) is 5. The Hall–Kier alpha value is -2.77. The lowest BCUT2D eigenvalue weighted by Gasteiger charge is -2.07. The third-order valence-electron chi connectivity index (χ3n) is 3.90. The second kappa shape index (κ2) is 5.15. The van der Waals surface area contributed by atoms with Gasteiger partial charge >= 0.3 is 0 Å². The number of carbonyl (C=O) groups is 1. The predicted molar refractivity (Wildman–Crippen MR) is 79.9 cm³/mol. The van der Waals surface area contributed by atoms with Crippen molar-refractivity contribution in [3.8, 4) is 0 Å². The van der Waals surface area contributed by atoms with Gasteiger partial charge in [-0.15, -0.1) is 10.2 Å². The van der Waals surface area contributed by atoms with Crippen molar-refractivity contribution in [2.45, 2.75) is 39.2 Å². The van der Waals surface area contributed by atoms with Crippen molar-refractivity contribution in [1.82, 2.24) is 30.1 Å². The minimum absolute atomic E-state index is 0.203. The highest BCUT2D eigenvalue weighted by Gasteiger charge is 2.29. The number of nitrogens with one attached hydrogen (secondary N) is 1. The second-order valence-corrected chi connectivity index (χ2v) is 5.80. The molecule has 1 fully saturated rings. The lowest BCUT2D eigenvalue weighted by Crippen LogP contribution is -2.25. The van der Waals surface area contributed by atoms with Crippen LogP contribution < -0.4 is 5.32 Å². The van der Waals surface area contributed by atoms with Crippen molar-refractivity contribution >= 4 is 11.6 Å². The first kappa shape index (κ1) is 13.9. The molecule has 8 nitrogen and oxygen atoms in total. The molecule has 0 aromatic carbocycles. The molecule has 0 saturated heterocycles. The molecule has 0 spiro atoms. The van der Waals surface area contributed by atoms with Crippen LogP contribution in [0.25, 0.3) is 5.65 Å². The zero-order chi connectivity index (χ0) is 16.0. The van der Waals surface area contributed by atoms with E-state index >= 15 is 0 Å². The normalized spacial score (nSPS) is 14.3. The molecule has 0 bridgehead atoms. The summed E-state index contributed by atoms with van der Waals surface area (Å²) in [7, 11) is 0. The quantitative estimate of drug-likeness (QED) is 0.784. The lowest BCUT2D eigenvalue weighted by molar-refractivity contribution is 0.0945. The summed E-state index contributed by atoms with van der Waals surface area (Å²) >= 11 is 0. The van der Waals surface area contributed by atoms with Crippen LogP contribution in [0.5, 0.6) is 0 Å². The molecule has 118 valence electrons. The van der Waals surface area contributed by atoms with Crippen LogP contribution >= 0.6 is 0 Å². The lowest BCUT2D eigenvalue weighted by atomic mass is 10.2. The van der Waals surface area contributed by atoms with Gasteiger partial charge in [-0.3, -0.25) is 4.79 Å². The van der Waals surface area contributed by atoms with Crippen molar-refractivity contribution < 1.29 is 9.21 Å². The summed E-state index contributed by atoms with van der Waals surface area (Å²) in [6.45, 7) is 3.93. The average molecular weight is 312 g/mol. The fraction of sp³-hybridized carbons (Fsp3) is 0.400. The van der Waals surface area contributed by atoms with E-state index in [0.29, 0.717) is 23.3 Å². The first-order valence-corrected chi connectivity index (χ1v) is 7.54. The Morgan fingerprint density at radius 1 is 1.39 bits per heavy atom. The van der Waals surface area contributed by atoms with Crippen LogP contribution in [0.1, 0.15) is 52.3 Å². The number of hydrogen-bond donors (Lipinski definition) is 1. The number of fused-ring (bicyclic) bond motifs is 1. The van der Waals surface area contributed by atoms with Gasteiger partial charge < -0.3 is 9.73 Å². The molecule has 4 rings (SSSR count). The van der Waals surface area contributed by atoms with Crippen LogP contribution in [-0.4, -0.2) is 30.7 Å². The molecule has 8 heteroatoms. The predicted octanol–water partition coefficient (Wildman–Crippen LogP) is 1.54. The topological polar surface area (TPSA) is 98.2 Å². The Labute approximate surface area is 131 Å². The van der Waals surface area contributed by atoms with Gasteiger partial charge in [0.25, 0.3) is 5.91 Å². The summed E-state index contributed by atoms with van der Waals surface area (Å²) < 4.78 is 7.20. The van der Waals surface area contributed by atoms with Crippen molar-refractivity contribution in [3.05, 3.63) is 41.0 Å². The molecular formula is C15H16N6O2. The van der Waals surface area contributed by atoms with Gasteiger partial charge in [0.05, 0.1) is 23.5 Å². The van der Waals surface area contributed by atoms with Gasteiger partial charge in [0.15, 0.2) is 5.65 Å². The highest BCUT2D eigenvalue weighted by Crippen LogP contribution is 2.38. The van der Waals surface area contributed by atoms with Crippen LogP contribution in [0.4, 0.5) is 0 Å². The standard InChI is InChI=1S/C15H16N6O2/c1-8-5-12-16-6-11(9(2)21(12)20-8)14(22)17-7-13-18-19-15(23-13)10-3-4-10/h5-6,10H,3-4,7H2,1-2H3,(H,17,22). The maximum atomic E-state index is 12.4. The van der Waals surface area contributed by atoms with Crippen molar-refractivity contribution in [3.63, 3.8) is 0 Å². The van der Waals surface area contributed by atoms with Gasteiger partial charge in [-0.1, -0.05) is 0 Å². The molecule has 23 heavy (non-hydrogen) atoms. The molecule has 3 aromatic heterocycles. The van der Waals surface area contributed by atoms with E-state index < -0.39 is 0 Å². The summed E-state index contributed by atoms with van der Waals surface area (Å²) in [6.07, 6.45) is 3.76. The molecule has 0 aliphatic heterocycles. The van der Waals surface area contributed by atoms with Crippen LogP contribution in [-0.2, 0) is 6.54 Å². The number of carbonyl (C=O) groups excluding carboxylic acids is 1. The third-order valence-corrected chi connectivity index (χ3v) is 3.90. The van der Waals surface area contributed by atoms with Crippen LogP contribution in [0.2, 0.25) is 0 Å². The van der Waals surface area contributed by atoms with Crippen molar-refractivity contribution in [2.75, 3.05) is 0 Å². The van der Waals surface area contributed by atoms with E-state index in [4.69, 9.17) is 4.42 Å². The molecule has 1 amide bonds. The van der Waals surface area contributed by atoms with E-state index in [1.807, 2.05) is 19.9 Å². The molecule has 1 aliphatic rings. The van der Waals surface area contributed by atoms with E-state index in [1.165, 1.54) is 0 Å². The Bertz CT molecular complexity index is 893. The summed E-state index contributed by atoms with van der Waals surface area (Å²) in [5, 5.41) is 15.1. The number of hydrogen-bond acceptors (Lipinski definition) is 6. The largest absolute Gasteiger partial charge is 0.423 e. The van der Waals surface area contributed by atoms with Gasteiger partial charge in [0, 0.05) is 18.2 Å². The third kappa shape index (κ3) is 2.56. The smallest absolute Gasteiger partial charge is 0.255 e. The summed E-state index contributed by atoms with van der Waals surface area (Å²) in [6, 6.07) is 1.87. The molecule has 1 aliphatic carbocycles. The zero-order valence-corrected chi connectivity index (χ0v) is 12.9. The molecule has 0 radical (unpaired) electrons. The number of rotatable bonds is 4. The fourth-order valence-electron chi connectivity index (χ4n) is 2.47. The van der Waals surface area contributed by atoms with Crippen LogP contribution in [0, 0.1) is 13.8 Å². The summed E-state index contributed by atoms with van der Waals surface area (Å²) in [4.78, 5) is 16.6. The minimum atomic E-state index is -0.240. The van der Waals surface area contributed by atoms with Gasteiger partial charge in [0.2, 0.25) is 11.8 Å². The second-order valence-electron chi connectivity index (χ2n) is 5.80. The maximum Gasteiger partial charge on any atom is 0.255 e. The number of aromatic nitrogens is 5. The maximum absolute atomic E-state index is 12.4. The number of aryl methyl sites for hydroxylation is 2. The minimum Gasteiger partial charge on any atom is -0.423 e. The van der Waals surface area contributed by atoms with E-state index in [9.17, 15) is 4.79 Å². The monoisotopic (exact) mass is 312 g/mol. The van der Waals surface area contributed by atoms with Crippen molar-refractivity contribution in [2.24, 2.45) is 0 Å². The molecule has 1 saturated carbocycles. The zero-order valence-electron chi connectivity index (χ0n) is 12.9. The molecule has 3 heterocycles. The van der Waals surface area contributed by atoms with Crippen molar-refractivity contribution in [1.29, 1.82) is 0 Å². The van der Waals surface area contributed by atoms with E-state index in [2.05, 4.69) is 25.6 Å². The first-order chi connectivity index (χ1) is 11.1. The van der Waals surface area contributed by atoms with E-state index in [0.717, 1.165) is 29.9 Å². The average Bonchev–Trinajstić information content (AvgIpc) is 3.14. The summed E-state index contributed by atoms with van der Waals surface area (Å²) in [5.74, 6) is 1.25. The molecule has 0 unspecified atom stereocenters. The van der Waals surface area contributed by atoms with Gasteiger partial charge in [-0.25, -0.2) is 9.50 Å². The first-order valence-electron chi connectivity index (χ1n) is 7.54. The molecular weight excluding hydrogens is 296 g/mol. The molecule has 0 atom stereocenters. The number of amides is 1. The van der Waals surface area contributed by atoms with Gasteiger partial charge in [-0.05, 0) is 26.7 Å². The molecule has 3 aromatic rings. The Balaban J connectivity index is 1.50. The highest BCUT2D eigenvalue weighted by molar-refractivity contribution is 5.95. The molecule has 1 N–H and O–H groups in total. The van der Waals surface area contributed by atoms with Crippen LogP contribution in [0.15, 0.2) is 16.7 Å². The summed E-state index contributed by atoms with van der Waals surface area (Å²) in [5.41, 5.74) is 2.80. The van der Waals surface area contributed by atoms with Gasteiger partial charge in [0.1, 0.15) is 0 Å². The van der Waals surface area contributed by atoms with Gasteiger partial charge in [-0.2, -0.15) is 5.10 Å². The SMILES string of the molecule is Cc1cc2ncc(C(=O)NCc3nnc(C4CC4)o3)c(C)n2n1.